The second-order valence-corrected chi connectivity index (χ2v) is 2.54. The predicted molar refractivity (Wildman–Crippen MR) is 42.4 cm³/mol. The molecule has 6 heteroatoms. The Labute approximate surface area is 77.7 Å². The maximum absolute atomic E-state index is 12.9. The summed E-state index contributed by atoms with van der Waals surface area (Å²) in [6, 6.07) is 0.983. The summed E-state index contributed by atoms with van der Waals surface area (Å²) in [6.45, 7) is -0.191. The first-order valence-electron chi connectivity index (χ1n) is 3.72. The van der Waals surface area contributed by atoms with Crippen LogP contribution in [0.2, 0.25) is 0 Å². The number of aldehydes is 1. The largest absolute Gasteiger partial charge is 0.326 e. The van der Waals surface area contributed by atoms with E-state index in [1.807, 2.05) is 0 Å². The van der Waals surface area contributed by atoms with Crippen molar-refractivity contribution in [2.45, 2.75) is 13.0 Å². The molecule has 76 valence electrons. The molecule has 3 nitrogen and oxygen atoms in total. The molecule has 1 heterocycles. The standard InChI is InChI=1S/C8H7F3N2O/c9-7(10)6-5(3-14)1-4(2-12)8(11)13-6/h1,3,7H,2,12H2. The number of halogens is 3. The topological polar surface area (TPSA) is 56.0 Å². The maximum atomic E-state index is 12.9. The van der Waals surface area contributed by atoms with Crippen molar-refractivity contribution in [3.63, 3.8) is 0 Å². The Balaban J connectivity index is 3.31. The van der Waals surface area contributed by atoms with E-state index in [2.05, 4.69) is 4.98 Å². The van der Waals surface area contributed by atoms with Gasteiger partial charge in [-0.3, -0.25) is 4.79 Å². The van der Waals surface area contributed by atoms with Gasteiger partial charge in [0.1, 0.15) is 5.69 Å². The lowest BCUT2D eigenvalue weighted by molar-refractivity contribution is 0.110. The van der Waals surface area contributed by atoms with Crippen molar-refractivity contribution in [3.8, 4) is 0 Å². The van der Waals surface area contributed by atoms with Gasteiger partial charge in [0.15, 0.2) is 6.29 Å². The molecular formula is C8H7F3N2O. The quantitative estimate of drug-likeness (QED) is 0.598. The van der Waals surface area contributed by atoms with Gasteiger partial charge in [-0.15, -0.1) is 0 Å². The fraction of sp³-hybridized carbons (Fsp3) is 0.250. The number of hydrogen-bond donors (Lipinski definition) is 1. The van der Waals surface area contributed by atoms with Crippen molar-refractivity contribution in [1.29, 1.82) is 0 Å². The average Bonchev–Trinajstić information content (AvgIpc) is 2.17. The van der Waals surface area contributed by atoms with Crippen LogP contribution < -0.4 is 5.73 Å². The van der Waals surface area contributed by atoms with E-state index in [0.29, 0.717) is 0 Å². The molecule has 1 aromatic heterocycles. The minimum atomic E-state index is -2.98. The molecular weight excluding hydrogens is 197 g/mol. The van der Waals surface area contributed by atoms with Crippen LogP contribution in [-0.2, 0) is 6.54 Å². The van der Waals surface area contributed by atoms with Crippen molar-refractivity contribution < 1.29 is 18.0 Å². The van der Waals surface area contributed by atoms with E-state index < -0.39 is 18.1 Å². The number of rotatable bonds is 3. The summed E-state index contributed by atoms with van der Waals surface area (Å²) in [5, 5.41) is 0. The first-order valence-corrected chi connectivity index (χ1v) is 3.72. The molecule has 0 unspecified atom stereocenters. The molecule has 0 aliphatic carbocycles. The van der Waals surface area contributed by atoms with E-state index in [1.165, 1.54) is 0 Å². The highest BCUT2D eigenvalue weighted by Gasteiger charge is 2.17. The monoisotopic (exact) mass is 204 g/mol. The molecule has 2 N–H and O–H groups in total. The molecule has 0 saturated heterocycles. The highest BCUT2D eigenvalue weighted by atomic mass is 19.3. The number of nitrogens with zero attached hydrogens (tertiary/aromatic N) is 1. The van der Waals surface area contributed by atoms with Gasteiger partial charge >= 0.3 is 0 Å². The van der Waals surface area contributed by atoms with Crippen molar-refractivity contribution in [2.24, 2.45) is 5.73 Å². The van der Waals surface area contributed by atoms with Gasteiger partial charge in [0.2, 0.25) is 5.95 Å². The molecule has 0 atom stereocenters. The Bertz CT molecular complexity index is 355. The Morgan fingerprint density at radius 3 is 2.64 bits per heavy atom. The number of carbonyl (C=O) groups excluding carboxylic acids is 1. The highest BCUT2D eigenvalue weighted by molar-refractivity contribution is 5.76. The van der Waals surface area contributed by atoms with E-state index >= 15 is 0 Å². The van der Waals surface area contributed by atoms with Gasteiger partial charge < -0.3 is 5.73 Å². The molecule has 0 bridgehead atoms. The maximum Gasteiger partial charge on any atom is 0.281 e. The van der Waals surface area contributed by atoms with Crippen LogP contribution in [0.3, 0.4) is 0 Å². The highest BCUT2D eigenvalue weighted by Crippen LogP contribution is 2.21. The van der Waals surface area contributed by atoms with Crippen molar-refractivity contribution in [2.75, 3.05) is 0 Å². The minimum Gasteiger partial charge on any atom is -0.326 e. The molecule has 0 amide bonds. The molecule has 1 aromatic rings. The molecule has 14 heavy (non-hydrogen) atoms. The van der Waals surface area contributed by atoms with E-state index in [0.717, 1.165) is 6.07 Å². The molecule has 0 fully saturated rings. The third-order valence-electron chi connectivity index (χ3n) is 1.66. The van der Waals surface area contributed by atoms with Crippen LogP contribution >= 0.6 is 0 Å². The van der Waals surface area contributed by atoms with Gasteiger partial charge in [0.05, 0.1) is 0 Å². The lowest BCUT2D eigenvalue weighted by atomic mass is 10.1. The Morgan fingerprint density at radius 1 is 1.57 bits per heavy atom. The van der Waals surface area contributed by atoms with E-state index in [4.69, 9.17) is 5.73 Å². The SMILES string of the molecule is NCc1cc(C=O)c(C(F)F)nc1F. The number of carbonyl (C=O) groups is 1. The zero-order valence-electron chi connectivity index (χ0n) is 7.01. The zero-order valence-corrected chi connectivity index (χ0v) is 7.01. The number of alkyl halides is 2. The lowest BCUT2D eigenvalue weighted by Crippen LogP contribution is -2.07. The number of aromatic nitrogens is 1. The summed E-state index contributed by atoms with van der Waals surface area (Å²) in [7, 11) is 0. The van der Waals surface area contributed by atoms with Crippen molar-refractivity contribution in [1.82, 2.24) is 4.98 Å². The molecule has 0 radical (unpaired) electrons. The van der Waals surface area contributed by atoms with Crippen LogP contribution in [0, 0.1) is 5.95 Å². The zero-order chi connectivity index (χ0) is 10.7. The molecule has 0 aliphatic heterocycles. The summed E-state index contributed by atoms with van der Waals surface area (Å²) in [5.74, 6) is -1.06. The second kappa shape index (κ2) is 4.19. The fourth-order valence-electron chi connectivity index (χ4n) is 0.976. The normalized spacial score (nSPS) is 10.6. The van der Waals surface area contributed by atoms with Gasteiger partial charge in [-0.2, -0.15) is 4.39 Å². The van der Waals surface area contributed by atoms with Crippen LogP contribution in [0.25, 0.3) is 0 Å². The van der Waals surface area contributed by atoms with Crippen molar-refractivity contribution in [3.05, 3.63) is 28.8 Å². The van der Waals surface area contributed by atoms with Crippen LogP contribution in [0.15, 0.2) is 6.07 Å². The summed E-state index contributed by atoms with van der Waals surface area (Å²) in [5.41, 5.74) is 3.87. The van der Waals surface area contributed by atoms with Gasteiger partial charge in [0.25, 0.3) is 6.43 Å². The number of pyridine rings is 1. The fourth-order valence-corrected chi connectivity index (χ4v) is 0.976. The third-order valence-corrected chi connectivity index (χ3v) is 1.66. The Kier molecular flexibility index (Phi) is 3.19. The average molecular weight is 204 g/mol. The van der Waals surface area contributed by atoms with E-state index in [9.17, 15) is 18.0 Å². The lowest BCUT2D eigenvalue weighted by Gasteiger charge is -2.05. The van der Waals surface area contributed by atoms with Gasteiger partial charge in [-0.05, 0) is 6.07 Å². The predicted octanol–water partition coefficient (Wildman–Crippen LogP) is 1.43. The summed E-state index contributed by atoms with van der Waals surface area (Å²) in [4.78, 5) is 13.4. The number of hydrogen-bond acceptors (Lipinski definition) is 3. The van der Waals surface area contributed by atoms with E-state index in [1.54, 1.807) is 0 Å². The van der Waals surface area contributed by atoms with E-state index in [-0.39, 0.29) is 24.0 Å². The summed E-state index contributed by atoms with van der Waals surface area (Å²) in [6.07, 6.45) is -2.77. The second-order valence-electron chi connectivity index (χ2n) is 2.54. The van der Waals surface area contributed by atoms with Gasteiger partial charge in [0, 0.05) is 17.7 Å². The van der Waals surface area contributed by atoms with Crippen LogP contribution in [0.5, 0.6) is 0 Å². The molecule has 0 spiro atoms. The summed E-state index contributed by atoms with van der Waals surface area (Å²) >= 11 is 0. The van der Waals surface area contributed by atoms with Crippen LogP contribution in [-0.4, -0.2) is 11.3 Å². The molecule has 0 aliphatic rings. The van der Waals surface area contributed by atoms with Crippen LogP contribution in [0.4, 0.5) is 13.2 Å². The Hall–Kier alpha value is -1.43. The third kappa shape index (κ3) is 1.90. The molecule has 0 saturated carbocycles. The van der Waals surface area contributed by atoms with Gasteiger partial charge in [-0.25, -0.2) is 13.8 Å². The molecule has 0 aromatic carbocycles. The first-order chi connectivity index (χ1) is 6.60. The minimum absolute atomic E-state index is 0.0588. The van der Waals surface area contributed by atoms with Gasteiger partial charge in [-0.1, -0.05) is 0 Å². The smallest absolute Gasteiger partial charge is 0.281 e. The van der Waals surface area contributed by atoms with Crippen molar-refractivity contribution >= 4 is 6.29 Å². The Morgan fingerprint density at radius 2 is 2.21 bits per heavy atom. The number of nitrogens with two attached hydrogens (primary N) is 1. The summed E-state index contributed by atoms with van der Waals surface area (Å²) < 4.78 is 37.3. The first kappa shape index (κ1) is 10.6. The molecule has 1 rings (SSSR count). The van der Waals surface area contributed by atoms with Crippen LogP contribution in [0.1, 0.15) is 28.0 Å².